The summed E-state index contributed by atoms with van der Waals surface area (Å²) in [5, 5.41) is 1.11. The Morgan fingerprint density at radius 3 is 2.40 bits per heavy atom. The van der Waals surface area contributed by atoms with Crippen molar-refractivity contribution in [3.8, 4) is 0 Å². The number of nitrogens with zero attached hydrogens (tertiary/aromatic N) is 1. The minimum atomic E-state index is -0.438. The van der Waals surface area contributed by atoms with Crippen molar-refractivity contribution in [3.63, 3.8) is 0 Å². The number of amides is 2. The van der Waals surface area contributed by atoms with Gasteiger partial charge in [0.05, 0.1) is 0 Å². The van der Waals surface area contributed by atoms with E-state index in [4.69, 9.17) is 11.7 Å². The average Bonchev–Trinajstić information content (AvgIpc) is 2.22. The van der Waals surface area contributed by atoms with Crippen molar-refractivity contribution in [1.82, 2.24) is 10.4 Å². The van der Waals surface area contributed by atoms with Gasteiger partial charge in [-0.1, -0.05) is 33.6 Å². The molecular formula is C10H24N4O. The third-order valence-electron chi connectivity index (χ3n) is 2.83. The predicted octanol–water partition coefficient (Wildman–Crippen LogP) is 1.21. The van der Waals surface area contributed by atoms with E-state index in [1.54, 1.807) is 0 Å². The second-order valence-corrected chi connectivity index (χ2v) is 4.36. The maximum atomic E-state index is 10.9. The lowest BCUT2D eigenvalue weighted by atomic mass is 9.93. The molecule has 0 rings (SSSR count). The van der Waals surface area contributed by atoms with Crippen LogP contribution >= 0.6 is 0 Å². The number of hydrogen-bond acceptors (Lipinski definition) is 3. The monoisotopic (exact) mass is 216 g/mol. The molecule has 0 aliphatic heterocycles. The third-order valence-corrected chi connectivity index (χ3v) is 2.83. The fraction of sp³-hybridized carbons (Fsp3) is 0.900. The maximum absolute atomic E-state index is 10.9. The number of hydrazine groups is 2. The molecule has 0 heterocycles. The van der Waals surface area contributed by atoms with Gasteiger partial charge in [0.25, 0.3) is 0 Å². The van der Waals surface area contributed by atoms with Gasteiger partial charge >= 0.3 is 6.03 Å². The molecule has 0 spiro atoms. The molecule has 1 atom stereocenters. The standard InChI is InChI=1S/C10H24N4O/c1-8(2)9(3)6-4-5-7-14(12)10(15)13-11/h8-9H,4-7,11-12H2,1-3H3,(H,13,15). The van der Waals surface area contributed by atoms with Gasteiger partial charge in [0.15, 0.2) is 0 Å². The molecule has 1 unspecified atom stereocenters. The molecule has 0 fully saturated rings. The van der Waals surface area contributed by atoms with E-state index in [2.05, 4.69) is 20.8 Å². The van der Waals surface area contributed by atoms with Gasteiger partial charge in [0.1, 0.15) is 0 Å². The van der Waals surface area contributed by atoms with Gasteiger partial charge in [0, 0.05) is 6.54 Å². The molecule has 0 aliphatic rings. The average molecular weight is 216 g/mol. The first-order valence-corrected chi connectivity index (χ1v) is 5.51. The highest BCUT2D eigenvalue weighted by Crippen LogP contribution is 2.16. The highest BCUT2D eigenvalue weighted by molar-refractivity contribution is 5.72. The van der Waals surface area contributed by atoms with Crippen molar-refractivity contribution in [2.75, 3.05) is 6.54 Å². The lowest BCUT2D eigenvalue weighted by Crippen LogP contribution is -2.47. The number of rotatable bonds is 6. The first-order valence-electron chi connectivity index (χ1n) is 5.51. The maximum Gasteiger partial charge on any atom is 0.345 e. The summed E-state index contributed by atoms with van der Waals surface area (Å²) in [6.45, 7) is 7.24. The fourth-order valence-electron chi connectivity index (χ4n) is 1.27. The third kappa shape index (κ3) is 6.30. The van der Waals surface area contributed by atoms with E-state index >= 15 is 0 Å². The van der Waals surface area contributed by atoms with Crippen LogP contribution in [-0.4, -0.2) is 17.6 Å². The fourth-order valence-corrected chi connectivity index (χ4v) is 1.27. The van der Waals surface area contributed by atoms with E-state index in [9.17, 15) is 4.79 Å². The highest BCUT2D eigenvalue weighted by atomic mass is 16.2. The minimum absolute atomic E-state index is 0.438. The molecule has 0 aromatic carbocycles. The summed E-state index contributed by atoms with van der Waals surface area (Å²) < 4.78 is 0. The first kappa shape index (κ1) is 14.2. The minimum Gasteiger partial charge on any atom is -0.275 e. The van der Waals surface area contributed by atoms with Gasteiger partial charge in [-0.25, -0.2) is 16.5 Å². The van der Waals surface area contributed by atoms with Gasteiger partial charge in [-0.05, 0) is 18.3 Å². The van der Waals surface area contributed by atoms with Crippen LogP contribution in [0.2, 0.25) is 0 Å². The molecule has 0 saturated heterocycles. The highest BCUT2D eigenvalue weighted by Gasteiger charge is 2.08. The summed E-state index contributed by atoms with van der Waals surface area (Å²) in [5.41, 5.74) is 1.99. The molecule has 0 bridgehead atoms. The van der Waals surface area contributed by atoms with Crippen LogP contribution in [0.1, 0.15) is 40.0 Å². The largest absolute Gasteiger partial charge is 0.345 e. The topological polar surface area (TPSA) is 84.4 Å². The molecule has 0 saturated carbocycles. The van der Waals surface area contributed by atoms with Crippen LogP contribution in [0, 0.1) is 11.8 Å². The summed E-state index contributed by atoms with van der Waals surface area (Å²) >= 11 is 0. The zero-order valence-electron chi connectivity index (χ0n) is 9.99. The molecule has 0 aromatic heterocycles. The first-order chi connectivity index (χ1) is 6.99. The normalized spacial score (nSPS) is 12.7. The zero-order valence-corrected chi connectivity index (χ0v) is 9.99. The SMILES string of the molecule is CC(C)C(C)CCCCN(N)C(=O)NN. The van der Waals surface area contributed by atoms with Gasteiger partial charge in [-0.15, -0.1) is 0 Å². The number of urea groups is 1. The van der Waals surface area contributed by atoms with Crippen LogP contribution in [-0.2, 0) is 0 Å². The zero-order chi connectivity index (χ0) is 11.8. The van der Waals surface area contributed by atoms with Crippen LogP contribution in [0.3, 0.4) is 0 Å². The van der Waals surface area contributed by atoms with Crippen LogP contribution in [0.5, 0.6) is 0 Å². The molecule has 15 heavy (non-hydrogen) atoms. The van der Waals surface area contributed by atoms with Crippen molar-refractivity contribution in [2.24, 2.45) is 23.5 Å². The quantitative estimate of drug-likeness (QED) is 0.270. The van der Waals surface area contributed by atoms with E-state index < -0.39 is 6.03 Å². The Kier molecular flexibility index (Phi) is 7.07. The molecule has 2 amide bonds. The molecule has 90 valence electrons. The second kappa shape index (κ2) is 7.48. The Morgan fingerprint density at radius 1 is 1.33 bits per heavy atom. The van der Waals surface area contributed by atoms with Gasteiger partial charge in [-0.2, -0.15) is 0 Å². The van der Waals surface area contributed by atoms with E-state index in [0.717, 1.165) is 23.8 Å². The van der Waals surface area contributed by atoms with Crippen LogP contribution in [0.4, 0.5) is 4.79 Å². The van der Waals surface area contributed by atoms with Gasteiger partial charge in [0.2, 0.25) is 0 Å². The molecule has 5 nitrogen and oxygen atoms in total. The summed E-state index contributed by atoms with van der Waals surface area (Å²) in [6, 6.07) is -0.438. The van der Waals surface area contributed by atoms with E-state index in [-0.39, 0.29) is 0 Å². The molecular weight excluding hydrogens is 192 g/mol. The summed E-state index contributed by atoms with van der Waals surface area (Å²) in [5.74, 6) is 11.8. The number of carbonyl (C=O) groups excluding carboxylic acids is 1. The summed E-state index contributed by atoms with van der Waals surface area (Å²) in [4.78, 5) is 10.9. The van der Waals surface area contributed by atoms with Crippen LogP contribution in [0.25, 0.3) is 0 Å². The van der Waals surface area contributed by atoms with E-state index in [1.165, 1.54) is 6.42 Å². The summed E-state index contributed by atoms with van der Waals surface area (Å²) in [6.07, 6.45) is 3.18. The van der Waals surface area contributed by atoms with Crippen molar-refractivity contribution < 1.29 is 4.79 Å². The smallest absolute Gasteiger partial charge is 0.275 e. The molecule has 5 heteroatoms. The van der Waals surface area contributed by atoms with Crippen LogP contribution < -0.4 is 17.1 Å². The Balaban J connectivity index is 3.50. The lowest BCUT2D eigenvalue weighted by molar-refractivity contribution is 0.197. The van der Waals surface area contributed by atoms with Crippen LogP contribution in [0.15, 0.2) is 0 Å². The molecule has 0 aromatic rings. The van der Waals surface area contributed by atoms with Crippen molar-refractivity contribution in [1.29, 1.82) is 0 Å². The number of carbonyl (C=O) groups is 1. The number of hydrogen-bond donors (Lipinski definition) is 3. The van der Waals surface area contributed by atoms with Gasteiger partial charge in [-0.3, -0.25) is 10.4 Å². The number of unbranched alkanes of at least 4 members (excludes halogenated alkanes) is 1. The Labute approximate surface area is 92.1 Å². The Morgan fingerprint density at radius 2 is 1.93 bits per heavy atom. The lowest BCUT2D eigenvalue weighted by Gasteiger charge is -2.17. The van der Waals surface area contributed by atoms with E-state index in [0.29, 0.717) is 12.5 Å². The van der Waals surface area contributed by atoms with E-state index in [1.807, 2.05) is 5.43 Å². The molecule has 0 aliphatic carbocycles. The number of nitrogens with one attached hydrogen (secondary N) is 1. The number of nitrogens with two attached hydrogens (primary N) is 2. The summed E-state index contributed by atoms with van der Waals surface area (Å²) in [7, 11) is 0. The van der Waals surface area contributed by atoms with Gasteiger partial charge < -0.3 is 0 Å². The Hall–Kier alpha value is -0.810. The second-order valence-electron chi connectivity index (χ2n) is 4.36. The predicted molar refractivity (Wildman–Crippen MR) is 61.5 cm³/mol. The van der Waals surface area contributed by atoms with Crippen molar-refractivity contribution in [2.45, 2.75) is 40.0 Å². The Bertz CT molecular complexity index is 184. The molecule has 5 N–H and O–H groups in total. The van der Waals surface area contributed by atoms with Crippen molar-refractivity contribution >= 4 is 6.03 Å². The molecule has 0 radical (unpaired) electrons. The van der Waals surface area contributed by atoms with Crippen molar-refractivity contribution in [3.05, 3.63) is 0 Å².